The third-order valence-electron chi connectivity index (χ3n) is 12.1. The van der Waals surface area contributed by atoms with Crippen molar-refractivity contribution in [3.05, 3.63) is 21.2 Å². The zero-order valence-electron chi connectivity index (χ0n) is 24.6. The second kappa shape index (κ2) is 12.4. The lowest BCUT2D eigenvalue weighted by Crippen LogP contribution is -2.51. The van der Waals surface area contributed by atoms with Crippen LogP contribution in [0, 0.1) is 52.3 Å². The molecule has 0 unspecified atom stereocenters. The SMILES string of the molecule is CC[C@@H](CC[C@@H](C)[C@H]1CC[C@@H]2[C@@H]3CC=C4C[C@@H](OC(=O)CC(Cl)=C(Cl)Cl)CC[C@]4(C)[C@H]3CC[C@@]21C)C(C)C. The molecule has 0 N–H and O–H groups in total. The highest BCUT2D eigenvalue weighted by molar-refractivity contribution is 6.59. The summed E-state index contributed by atoms with van der Waals surface area (Å²) in [6.07, 6.45) is 16.2. The summed E-state index contributed by atoms with van der Waals surface area (Å²) in [6, 6.07) is 0. The number of esters is 1. The topological polar surface area (TPSA) is 26.3 Å². The summed E-state index contributed by atoms with van der Waals surface area (Å²) in [5.74, 6) is 5.50. The van der Waals surface area contributed by atoms with Crippen LogP contribution < -0.4 is 0 Å². The minimum atomic E-state index is -0.338. The van der Waals surface area contributed by atoms with E-state index in [2.05, 4.69) is 47.6 Å². The molecule has 3 fully saturated rings. The molecule has 0 amide bonds. The molecule has 5 heteroatoms. The highest BCUT2D eigenvalue weighted by atomic mass is 35.5. The van der Waals surface area contributed by atoms with Crippen molar-refractivity contribution in [3.8, 4) is 0 Å². The number of carbonyl (C=O) groups excluding carboxylic acids is 1. The Morgan fingerprint density at radius 2 is 1.76 bits per heavy atom. The first-order valence-corrected chi connectivity index (χ1v) is 16.6. The van der Waals surface area contributed by atoms with Crippen molar-refractivity contribution >= 4 is 40.8 Å². The lowest BCUT2D eigenvalue weighted by atomic mass is 9.47. The Balaban J connectivity index is 1.41. The van der Waals surface area contributed by atoms with E-state index in [1.54, 1.807) is 0 Å². The number of halogens is 3. The lowest BCUT2D eigenvalue weighted by molar-refractivity contribution is -0.150. The molecule has 4 rings (SSSR count). The smallest absolute Gasteiger partial charge is 0.311 e. The fourth-order valence-electron chi connectivity index (χ4n) is 9.81. The van der Waals surface area contributed by atoms with Crippen LogP contribution in [-0.2, 0) is 9.53 Å². The standard InChI is InChI=1S/C33H51Cl3O2/c1-7-22(20(2)3)9-8-21(4)26-12-13-27-25-11-10-23-18-24(38-30(37)19-29(34)31(35)36)14-16-32(23,5)28(25)15-17-33(26,27)6/h10,20-22,24-28H,7-9,11-19H2,1-6H3/t21-,22+,24+,25+,26-,27-,28+,32+,33-/m1/s1. The van der Waals surface area contributed by atoms with Gasteiger partial charge in [0.25, 0.3) is 0 Å². The van der Waals surface area contributed by atoms with Crippen molar-refractivity contribution in [2.45, 2.75) is 125 Å². The zero-order chi connectivity index (χ0) is 27.8. The van der Waals surface area contributed by atoms with E-state index < -0.39 is 0 Å². The average molecular weight is 586 g/mol. The van der Waals surface area contributed by atoms with Crippen LogP contribution in [-0.4, -0.2) is 12.1 Å². The van der Waals surface area contributed by atoms with Crippen molar-refractivity contribution in [2.24, 2.45) is 52.3 Å². The van der Waals surface area contributed by atoms with Crippen LogP contribution in [0.3, 0.4) is 0 Å². The molecule has 0 aromatic heterocycles. The summed E-state index contributed by atoms with van der Waals surface area (Å²) >= 11 is 17.4. The summed E-state index contributed by atoms with van der Waals surface area (Å²) in [5, 5.41) is 0.151. The quantitative estimate of drug-likeness (QED) is 0.199. The number of hydrogen-bond donors (Lipinski definition) is 0. The molecular weight excluding hydrogens is 535 g/mol. The Hall–Kier alpha value is -0.180. The van der Waals surface area contributed by atoms with Crippen molar-refractivity contribution < 1.29 is 9.53 Å². The first-order chi connectivity index (χ1) is 17.9. The van der Waals surface area contributed by atoms with Gasteiger partial charge in [0.15, 0.2) is 0 Å². The number of allylic oxidation sites excluding steroid dienone is 1. The molecular formula is C33H51Cl3O2. The molecule has 0 radical (unpaired) electrons. The molecule has 0 aliphatic heterocycles. The fraction of sp³-hybridized carbons (Fsp3) is 0.848. The van der Waals surface area contributed by atoms with Crippen LogP contribution >= 0.6 is 34.8 Å². The second-order valence-electron chi connectivity index (χ2n) is 14.2. The van der Waals surface area contributed by atoms with Crippen LogP contribution in [0.25, 0.3) is 0 Å². The Labute approximate surface area is 247 Å². The highest BCUT2D eigenvalue weighted by Crippen LogP contribution is 2.67. The third-order valence-corrected chi connectivity index (χ3v) is 13.1. The number of carbonyl (C=O) groups is 1. The van der Waals surface area contributed by atoms with Gasteiger partial charge in [-0.05, 0) is 104 Å². The molecule has 4 aliphatic carbocycles. The average Bonchev–Trinajstić information content (AvgIpc) is 3.21. The van der Waals surface area contributed by atoms with E-state index in [1.165, 1.54) is 56.9 Å². The van der Waals surface area contributed by atoms with E-state index in [4.69, 9.17) is 39.5 Å². The van der Waals surface area contributed by atoms with Crippen LogP contribution in [0.5, 0.6) is 0 Å². The molecule has 0 bridgehead atoms. The van der Waals surface area contributed by atoms with Gasteiger partial charge in [0.2, 0.25) is 0 Å². The van der Waals surface area contributed by atoms with E-state index in [0.717, 1.165) is 60.7 Å². The maximum Gasteiger partial charge on any atom is 0.311 e. The van der Waals surface area contributed by atoms with Gasteiger partial charge in [-0.25, -0.2) is 0 Å². The lowest BCUT2D eigenvalue weighted by Gasteiger charge is -2.58. The molecule has 2 nitrogen and oxygen atoms in total. The normalized spacial score (nSPS) is 37.9. The summed E-state index contributed by atoms with van der Waals surface area (Å²) < 4.78 is 5.75. The Kier molecular flexibility index (Phi) is 10.0. The van der Waals surface area contributed by atoms with E-state index in [1.807, 2.05) is 0 Å². The summed E-state index contributed by atoms with van der Waals surface area (Å²) in [4.78, 5) is 12.4. The Morgan fingerprint density at radius 3 is 2.42 bits per heavy atom. The van der Waals surface area contributed by atoms with Gasteiger partial charge in [-0.15, -0.1) is 0 Å². The maximum absolute atomic E-state index is 12.4. The van der Waals surface area contributed by atoms with Gasteiger partial charge in [0.05, 0.1) is 11.5 Å². The minimum absolute atomic E-state index is 0.0577. The van der Waals surface area contributed by atoms with Crippen LogP contribution in [0.4, 0.5) is 0 Å². The molecule has 0 spiro atoms. The highest BCUT2D eigenvalue weighted by Gasteiger charge is 2.59. The van der Waals surface area contributed by atoms with E-state index in [9.17, 15) is 4.79 Å². The molecule has 4 aliphatic rings. The third kappa shape index (κ3) is 6.04. The summed E-state index contributed by atoms with van der Waals surface area (Å²) in [7, 11) is 0. The molecule has 0 aromatic carbocycles. The fourth-order valence-corrected chi connectivity index (χ4v) is 10.1. The van der Waals surface area contributed by atoms with Crippen molar-refractivity contribution in [1.82, 2.24) is 0 Å². The number of rotatable bonds is 9. The van der Waals surface area contributed by atoms with E-state index >= 15 is 0 Å². The van der Waals surface area contributed by atoms with Gasteiger partial charge in [-0.3, -0.25) is 4.79 Å². The van der Waals surface area contributed by atoms with Gasteiger partial charge >= 0.3 is 5.97 Å². The van der Waals surface area contributed by atoms with Gasteiger partial charge in [0, 0.05) is 6.42 Å². The molecule has 216 valence electrons. The van der Waals surface area contributed by atoms with Crippen LogP contribution in [0.15, 0.2) is 21.2 Å². The van der Waals surface area contributed by atoms with Crippen LogP contribution in [0.1, 0.15) is 119 Å². The monoisotopic (exact) mass is 584 g/mol. The van der Waals surface area contributed by atoms with Crippen LogP contribution in [0.2, 0.25) is 0 Å². The molecule has 0 saturated heterocycles. The van der Waals surface area contributed by atoms with Crippen molar-refractivity contribution in [2.75, 3.05) is 0 Å². The second-order valence-corrected chi connectivity index (χ2v) is 15.6. The number of ether oxygens (including phenoxy) is 1. The first-order valence-electron chi connectivity index (χ1n) is 15.5. The zero-order valence-corrected chi connectivity index (χ0v) is 26.9. The maximum atomic E-state index is 12.4. The minimum Gasteiger partial charge on any atom is -0.462 e. The number of fused-ring (bicyclic) bond motifs is 5. The van der Waals surface area contributed by atoms with E-state index in [0.29, 0.717) is 5.41 Å². The first kappa shape index (κ1) is 30.8. The van der Waals surface area contributed by atoms with Gasteiger partial charge < -0.3 is 4.74 Å². The predicted octanol–water partition coefficient (Wildman–Crippen LogP) is 10.9. The molecule has 0 heterocycles. The summed E-state index contributed by atoms with van der Waals surface area (Å²) in [6.45, 7) is 14.9. The Morgan fingerprint density at radius 1 is 1.03 bits per heavy atom. The Bertz CT molecular complexity index is 921. The van der Waals surface area contributed by atoms with Gasteiger partial charge in [0.1, 0.15) is 10.6 Å². The van der Waals surface area contributed by atoms with Gasteiger partial charge in [-0.2, -0.15) is 0 Å². The molecule has 0 aromatic rings. The molecule has 9 atom stereocenters. The number of hydrogen-bond acceptors (Lipinski definition) is 2. The van der Waals surface area contributed by atoms with Gasteiger partial charge in [-0.1, -0.05) is 101 Å². The predicted molar refractivity (Wildman–Crippen MR) is 161 cm³/mol. The van der Waals surface area contributed by atoms with Crippen molar-refractivity contribution in [3.63, 3.8) is 0 Å². The molecule has 3 saturated carbocycles. The largest absolute Gasteiger partial charge is 0.462 e. The van der Waals surface area contributed by atoms with E-state index in [-0.39, 0.29) is 33.4 Å². The summed E-state index contributed by atoms with van der Waals surface area (Å²) in [5.41, 5.74) is 2.29. The van der Waals surface area contributed by atoms with Crippen molar-refractivity contribution in [1.29, 1.82) is 0 Å². The molecule has 38 heavy (non-hydrogen) atoms.